The van der Waals surface area contributed by atoms with Crippen molar-refractivity contribution >= 4 is 11.7 Å². The number of carbonyl (C=O) groups is 2. The van der Waals surface area contributed by atoms with Crippen LogP contribution in [-0.4, -0.2) is 27.6 Å². The number of rotatable bonds is 6. The number of amides is 1. The van der Waals surface area contributed by atoms with Gasteiger partial charge in [-0.3, -0.25) is 9.59 Å². The van der Waals surface area contributed by atoms with Crippen LogP contribution in [-0.2, 0) is 16.0 Å². The van der Waals surface area contributed by atoms with Gasteiger partial charge < -0.3 is 15.5 Å². The molecule has 1 aromatic carbocycles. The van der Waals surface area contributed by atoms with E-state index in [1.165, 1.54) is 11.6 Å². The SMILES string of the molecule is C/C=C(C)/C=C(\C)[C@@H]1C(C)=C[C@]2(C)C[C@H](C)CC[C@H]2[C@@H]1C(=O)C1=C[C@](O)(Cc2ccc(O)cc2)NC1=O. The van der Waals surface area contributed by atoms with Gasteiger partial charge in [-0.05, 0) is 81.6 Å². The quantitative estimate of drug-likeness (QED) is 0.260. The van der Waals surface area contributed by atoms with Crippen LogP contribution >= 0.6 is 0 Å². The summed E-state index contributed by atoms with van der Waals surface area (Å²) >= 11 is 0. The molecular formula is C32H41NO4. The first kappa shape index (κ1) is 27.1. The Hall–Kier alpha value is -2.92. The topological polar surface area (TPSA) is 86.6 Å². The second-order valence-electron chi connectivity index (χ2n) is 12.0. The Morgan fingerprint density at radius 3 is 2.49 bits per heavy atom. The molecular weight excluding hydrogens is 462 g/mol. The summed E-state index contributed by atoms with van der Waals surface area (Å²) in [5.74, 6) is -0.305. The molecule has 0 saturated heterocycles. The van der Waals surface area contributed by atoms with Crippen molar-refractivity contribution in [1.82, 2.24) is 5.32 Å². The first-order valence-corrected chi connectivity index (χ1v) is 13.5. The van der Waals surface area contributed by atoms with Crippen molar-refractivity contribution in [3.63, 3.8) is 0 Å². The lowest BCUT2D eigenvalue weighted by atomic mass is 9.52. The van der Waals surface area contributed by atoms with Gasteiger partial charge in [0.1, 0.15) is 5.75 Å². The summed E-state index contributed by atoms with van der Waals surface area (Å²) in [5.41, 5.74) is 2.50. The molecule has 1 heterocycles. The molecule has 37 heavy (non-hydrogen) atoms. The second-order valence-corrected chi connectivity index (χ2v) is 12.0. The molecule has 3 aliphatic rings. The summed E-state index contributed by atoms with van der Waals surface area (Å²) in [6.07, 6.45) is 11.2. The van der Waals surface area contributed by atoms with Crippen molar-refractivity contribution in [2.24, 2.45) is 29.1 Å². The zero-order valence-corrected chi connectivity index (χ0v) is 23.0. The molecule has 1 aliphatic heterocycles. The Balaban J connectivity index is 1.75. The van der Waals surface area contributed by atoms with E-state index in [1.807, 2.05) is 6.92 Å². The molecule has 1 amide bonds. The minimum Gasteiger partial charge on any atom is -0.508 e. The number of allylic oxidation sites excluding steroid dienone is 6. The maximum absolute atomic E-state index is 14.3. The van der Waals surface area contributed by atoms with Gasteiger partial charge in [0.25, 0.3) is 5.91 Å². The number of hydrogen-bond donors (Lipinski definition) is 3. The monoisotopic (exact) mass is 503 g/mol. The number of Topliss-reactive ketones (excluding diaryl/α,β-unsaturated/α-hetero) is 1. The van der Waals surface area contributed by atoms with Gasteiger partial charge in [0.2, 0.25) is 0 Å². The minimum atomic E-state index is -1.65. The number of phenols is 1. The number of carbonyl (C=O) groups excluding carboxylic acids is 2. The fourth-order valence-corrected chi connectivity index (χ4v) is 7.18. The van der Waals surface area contributed by atoms with Crippen molar-refractivity contribution in [3.05, 3.63) is 76.4 Å². The lowest BCUT2D eigenvalue weighted by Crippen LogP contribution is -2.48. The van der Waals surface area contributed by atoms with Crippen molar-refractivity contribution in [3.8, 4) is 5.75 Å². The van der Waals surface area contributed by atoms with E-state index in [-0.39, 0.29) is 46.7 Å². The minimum absolute atomic E-state index is 0.0579. The lowest BCUT2D eigenvalue weighted by Gasteiger charge is -2.52. The Morgan fingerprint density at radius 1 is 1.16 bits per heavy atom. The van der Waals surface area contributed by atoms with Crippen LogP contribution in [0, 0.1) is 29.1 Å². The van der Waals surface area contributed by atoms with Gasteiger partial charge in [0.15, 0.2) is 11.5 Å². The highest BCUT2D eigenvalue weighted by molar-refractivity contribution is 6.22. The van der Waals surface area contributed by atoms with E-state index in [9.17, 15) is 19.8 Å². The molecule has 0 aromatic heterocycles. The normalized spacial score (nSPS) is 34.4. The third-order valence-corrected chi connectivity index (χ3v) is 8.78. The van der Waals surface area contributed by atoms with E-state index in [2.05, 4.69) is 58.2 Å². The number of benzene rings is 1. The molecule has 0 unspecified atom stereocenters. The zero-order valence-electron chi connectivity index (χ0n) is 23.0. The van der Waals surface area contributed by atoms with Crippen molar-refractivity contribution in [1.29, 1.82) is 0 Å². The Morgan fingerprint density at radius 2 is 1.84 bits per heavy atom. The standard InChI is InChI=1S/C32H41NO4/c1-7-19(2)14-21(4)27-22(5)16-31(6)15-20(3)8-13-26(31)28(27)29(35)25-18-32(37,33-30(25)36)17-23-9-11-24(34)12-10-23/h7,9-12,14,16,18,20,26-28,34,37H,8,13,15,17H2,1-6H3,(H,33,36)/b19-7+,21-14+/t20-,26+,27-,28+,31+,32-/m1/s1. The molecule has 5 heteroatoms. The van der Waals surface area contributed by atoms with E-state index in [0.717, 1.165) is 36.0 Å². The van der Waals surface area contributed by atoms with E-state index in [1.54, 1.807) is 24.3 Å². The highest BCUT2D eigenvalue weighted by atomic mass is 16.3. The van der Waals surface area contributed by atoms with E-state index in [0.29, 0.717) is 5.92 Å². The van der Waals surface area contributed by atoms with Crippen LogP contribution < -0.4 is 5.32 Å². The first-order valence-electron chi connectivity index (χ1n) is 13.5. The summed E-state index contributed by atoms with van der Waals surface area (Å²) in [5, 5.41) is 23.5. The Kier molecular flexibility index (Phi) is 7.40. The van der Waals surface area contributed by atoms with Crippen LogP contribution in [0.2, 0.25) is 0 Å². The van der Waals surface area contributed by atoms with Crippen molar-refractivity contribution in [2.45, 2.75) is 73.0 Å². The number of aliphatic hydroxyl groups is 1. The van der Waals surface area contributed by atoms with Gasteiger partial charge in [0, 0.05) is 18.3 Å². The van der Waals surface area contributed by atoms with Crippen LogP contribution in [0.1, 0.15) is 66.4 Å². The molecule has 0 radical (unpaired) electrons. The van der Waals surface area contributed by atoms with Crippen molar-refractivity contribution in [2.75, 3.05) is 0 Å². The summed E-state index contributed by atoms with van der Waals surface area (Å²) in [6, 6.07) is 6.48. The maximum Gasteiger partial charge on any atom is 0.257 e. The average molecular weight is 504 g/mol. The number of fused-ring (bicyclic) bond motifs is 1. The summed E-state index contributed by atoms with van der Waals surface area (Å²) in [6.45, 7) is 12.8. The summed E-state index contributed by atoms with van der Waals surface area (Å²) in [7, 11) is 0. The molecule has 4 rings (SSSR count). The van der Waals surface area contributed by atoms with Gasteiger partial charge in [-0.2, -0.15) is 0 Å². The Labute approximate surface area is 221 Å². The van der Waals surface area contributed by atoms with Crippen LogP contribution in [0.5, 0.6) is 5.75 Å². The van der Waals surface area contributed by atoms with Gasteiger partial charge in [-0.25, -0.2) is 0 Å². The zero-order chi connectivity index (χ0) is 27.1. The number of aromatic hydroxyl groups is 1. The summed E-state index contributed by atoms with van der Waals surface area (Å²) < 4.78 is 0. The predicted octanol–water partition coefficient (Wildman–Crippen LogP) is 5.80. The number of ketones is 1. The molecule has 198 valence electrons. The number of phenolic OH excluding ortho intramolecular Hbond substituents is 1. The van der Waals surface area contributed by atoms with E-state index < -0.39 is 11.6 Å². The highest BCUT2D eigenvalue weighted by Crippen LogP contribution is 2.56. The molecule has 3 N–H and O–H groups in total. The maximum atomic E-state index is 14.3. The smallest absolute Gasteiger partial charge is 0.257 e. The number of nitrogens with one attached hydrogen (secondary N) is 1. The highest BCUT2D eigenvalue weighted by Gasteiger charge is 2.53. The third kappa shape index (κ3) is 5.38. The number of hydrogen-bond acceptors (Lipinski definition) is 4. The fourth-order valence-electron chi connectivity index (χ4n) is 7.18. The predicted molar refractivity (Wildman–Crippen MR) is 147 cm³/mol. The average Bonchev–Trinajstić information content (AvgIpc) is 3.12. The van der Waals surface area contributed by atoms with Gasteiger partial charge in [-0.1, -0.05) is 67.3 Å². The molecule has 0 spiro atoms. The fraction of sp³-hybridized carbons (Fsp3) is 0.500. The second kappa shape index (κ2) is 10.1. The van der Waals surface area contributed by atoms with Crippen molar-refractivity contribution < 1.29 is 19.8 Å². The largest absolute Gasteiger partial charge is 0.508 e. The van der Waals surface area contributed by atoms with E-state index >= 15 is 0 Å². The Bertz CT molecular complexity index is 1200. The molecule has 1 saturated carbocycles. The lowest BCUT2D eigenvalue weighted by molar-refractivity contribution is -0.129. The molecule has 1 aromatic rings. The van der Waals surface area contributed by atoms with Gasteiger partial charge >= 0.3 is 0 Å². The van der Waals surface area contributed by atoms with Gasteiger partial charge in [0.05, 0.1) is 5.57 Å². The van der Waals surface area contributed by atoms with E-state index in [4.69, 9.17) is 0 Å². The van der Waals surface area contributed by atoms with Gasteiger partial charge in [-0.15, -0.1) is 0 Å². The third-order valence-electron chi connectivity index (χ3n) is 8.78. The molecule has 6 atom stereocenters. The molecule has 1 fully saturated rings. The van der Waals surface area contributed by atoms with Crippen LogP contribution in [0.25, 0.3) is 0 Å². The molecule has 2 aliphatic carbocycles. The first-order chi connectivity index (χ1) is 17.4. The molecule has 5 nitrogen and oxygen atoms in total. The van der Waals surface area contributed by atoms with Crippen LogP contribution in [0.4, 0.5) is 0 Å². The molecule has 0 bridgehead atoms. The van der Waals surface area contributed by atoms with Crippen LogP contribution in [0.3, 0.4) is 0 Å². The van der Waals surface area contributed by atoms with Crippen LogP contribution in [0.15, 0.2) is 70.9 Å². The summed E-state index contributed by atoms with van der Waals surface area (Å²) in [4.78, 5) is 27.5.